The second kappa shape index (κ2) is 12.3. The van der Waals surface area contributed by atoms with E-state index in [1.165, 1.54) is 0 Å². The van der Waals surface area contributed by atoms with Crippen LogP contribution >= 0.6 is 0 Å². The highest BCUT2D eigenvalue weighted by molar-refractivity contribution is 5.80. The van der Waals surface area contributed by atoms with Gasteiger partial charge in [0.2, 0.25) is 11.8 Å². The minimum Gasteiger partial charge on any atom is -0.357 e. The van der Waals surface area contributed by atoms with Crippen LogP contribution in [-0.4, -0.2) is 60.3 Å². The zero-order chi connectivity index (χ0) is 21.9. The van der Waals surface area contributed by atoms with Crippen LogP contribution in [0.3, 0.4) is 0 Å². The van der Waals surface area contributed by atoms with Crippen LogP contribution in [0.4, 0.5) is 0 Å². The SMILES string of the molecule is CCNC(=NCc1ccccc1CN1CCCC1=O)NCCCN1CCCCCC1=O. The van der Waals surface area contributed by atoms with Crippen LogP contribution < -0.4 is 10.6 Å². The number of hydrogen-bond donors (Lipinski definition) is 2. The molecule has 2 heterocycles. The number of guanidine groups is 1. The molecular formula is C24H37N5O2. The number of rotatable bonds is 9. The predicted molar refractivity (Wildman–Crippen MR) is 124 cm³/mol. The van der Waals surface area contributed by atoms with E-state index >= 15 is 0 Å². The van der Waals surface area contributed by atoms with Crippen molar-refractivity contribution in [3.63, 3.8) is 0 Å². The molecule has 2 aliphatic heterocycles. The van der Waals surface area contributed by atoms with Crippen LogP contribution in [-0.2, 0) is 22.7 Å². The van der Waals surface area contributed by atoms with Gasteiger partial charge >= 0.3 is 0 Å². The Morgan fingerprint density at radius 3 is 2.45 bits per heavy atom. The number of nitrogens with zero attached hydrogens (tertiary/aromatic N) is 3. The lowest BCUT2D eigenvalue weighted by Gasteiger charge is -2.21. The van der Waals surface area contributed by atoms with Crippen molar-refractivity contribution in [2.75, 3.05) is 32.7 Å². The van der Waals surface area contributed by atoms with Gasteiger partial charge in [-0.2, -0.15) is 0 Å². The quantitative estimate of drug-likeness (QED) is 0.361. The van der Waals surface area contributed by atoms with Gasteiger partial charge in [0.05, 0.1) is 6.54 Å². The first-order chi connectivity index (χ1) is 15.2. The maximum Gasteiger partial charge on any atom is 0.222 e. The summed E-state index contributed by atoms with van der Waals surface area (Å²) in [6, 6.07) is 8.23. The summed E-state index contributed by atoms with van der Waals surface area (Å²) in [5.74, 6) is 1.33. The van der Waals surface area contributed by atoms with Crippen molar-refractivity contribution < 1.29 is 9.59 Å². The number of nitrogens with one attached hydrogen (secondary N) is 2. The van der Waals surface area contributed by atoms with Crippen molar-refractivity contribution in [1.29, 1.82) is 0 Å². The highest BCUT2D eigenvalue weighted by Crippen LogP contribution is 2.18. The standard InChI is InChI=1S/C24H37N5O2/c1-2-25-24(26-14-9-17-28-15-7-3-4-12-22(28)30)27-18-20-10-5-6-11-21(20)19-29-16-8-13-23(29)31/h5-6,10-11H,2-4,7-9,12-19H2,1H3,(H2,25,26,27). The van der Waals surface area contributed by atoms with Crippen molar-refractivity contribution in [2.24, 2.45) is 4.99 Å². The molecule has 2 amide bonds. The molecule has 31 heavy (non-hydrogen) atoms. The molecule has 0 aromatic heterocycles. The topological polar surface area (TPSA) is 77.0 Å². The molecule has 0 unspecified atom stereocenters. The van der Waals surface area contributed by atoms with Gasteiger partial charge in [-0.15, -0.1) is 0 Å². The third kappa shape index (κ3) is 7.26. The minimum absolute atomic E-state index is 0.246. The Morgan fingerprint density at radius 1 is 0.935 bits per heavy atom. The number of likely N-dealkylation sites (tertiary alicyclic amines) is 2. The van der Waals surface area contributed by atoms with Crippen molar-refractivity contribution in [3.8, 4) is 0 Å². The molecule has 0 bridgehead atoms. The van der Waals surface area contributed by atoms with Crippen LogP contribution in [0.25, 0.3) is 0 Å². The molecule has 2 aliphatic rings. The van der Waals surface area contributed by atoms with Crippen molar-refractivity contribution >= 4 is 17.8 Å². The van der Waals surface area contributed by atoms with Gasteiger partial charge < -0.3 is 20.4 Å². The molecule has 7 heteroatoms. The van der Waals surface area contributed by atoms with Crippen molar-refractivity contribution in [1.82, 2.24) is 20.4 Å². The third-order valence-corrected chi connectivity index (χ3v) is 5.97. The van der Waals surface area contributed by atoms with Crippen molar-refractivity contribution in [3.05, 3.63) is 35.4 Å². The van der Waals surface area contributed by atoms with E-state index in [0.717, 1.165) is 81.9 Å². The van der Waals surface area contributed by atoms with E-state index in [0.29, 0.717) is 31.8 Å². The summed E-state index contributed by atoms with van der Waals surface area (Å²) in [5, 5.41) is 6.70. The zero-order valence-electron chi connectivity index (χ0n) is 18.9. The van der Waals surface area contributed by atoms with Gasteiger partial charge in [-0.3, -0.25) is 9.59 Å². The largest absolute Gasteiger partial charge is 0.357 e. The minimum atomic E-state index is 0.246. The molecule has 0 spiro atoms. The van der Waals surface area contributed by atoms with E-state index < -0.39 is 0 Å². The fraction of sp³-hybridized carbons (Fsp3) is 0.625. The summed E-state index contributed by atoms with van der Waals surface area (Å²) in [4.78, 5) is 32.8. The Morgan fingerprint density at radius 2 is 1.68 bits per heavy atom. The number of hydrogen-bond acceptors (Lipinski definition) is 3. The summed E-state index contributed by atoms with van der Waals surface area (Å²) < 4.78 is 0. The summed E-state index contributed by atoms with van der Waals surface area (Å²) in [6.07, 6.45) is 6.52. The van der Waals surface area contributed by atoms with E-state index in [-0.39, 0.29) is 5.91 Å². The van der Waals surface area contributed by atoms with Gasteiger partial charge in [-0.05, 0) is 43.7 Å². The second-order valence-electron chi connectivity index (χ2n) is 8.35. The molecule has 2 N–H and O–H groups in total. The average Bonchev–Trinajstić information content (AvgIpc) is 3.06. The van der Waals surface area contributed by atoms with Crippen LogP contribution in [0.2, 0.25) is 0 Å². The summed E-state index contributed by atoms with van der Waals surface area (Å²) in [7, 11) is 0. The first kappa shape index (κ1) is 23.1. The predicted octanol–water partition coefficient (Wildman–Crippen LogP) is 2.66. The van der Waals surface area contributed by atoms with Gasteiger partial charge in [0.15, 0.2) is 5.96 Å². The molecule has 3 rings (SSSR count). The summed E-state index contributed by atoms with van der Waals surface area (Å²) in [5.41, 5.74) is 2.31. The molecule has 0 saturated carbocycles. The van der Waals surface area contributed by atoms with Gasteiger partial charge in [0.1, 0.15) is 0 Å². The molecule has 7 nitrogen and oxygen atoms in total. The normalized spacial score (nSPS) is 17.8. The smallest absolute Gasteiger partial charge is 0.222 e. The molecule has 0 aliphatic carbocycles. The van der Waals surface area contributed by atoms with Gasteiger partial charge in [-0.25, -0.2) is 4.99 Å². The van der Waals surface area contributed by atoms with E-state index in [1.807, 2.05) is 21.9 Å². The van der Waals surface area contributed by atoms with E-state index in [2.05, 4.69) is 29.7 Å². The Kier molecular flexibility index (Phi) is 9.18. The van der Waals surface area contributed by atoms with Crippen LogP contribution in [0, 0.1) is 0 Å². The van der Waals surface area contributed by atoms with Crippen LogP contribution in [0.5, 0.6) is 0 Å². The highest BCUT2D eigenvalue weighted by atomic mass is 16.2. The molecule has 2 saturated heterocycles. The zero-order valence-corrected chi connectivity index (χ0v) is 18.9. The van der Waals surface area contributed by atoms with Gasteiger partial charge in [0.25, 0.3) is 0 Å². The van der Waals surface area contributed by atoms with Crippen molar-refractivity contribution in [2.45, 2.75) is 65.0 Å². The number of benzene rings is 1. The number of carbonyl (C=O) groups is 2. The Labute approximate surface area is 186 Å². The molecule has 1 aromatic carbocycles. The fourth-order valence-corrected chi connectivity index (χ4v) is 4.20. The van der Waals surface area contributed by atoms with Crippen LogP contribution in [0.15, 0.2) is 29.3 Å². The summed E-state index contributed by atoms with van der Waals surface area (Å²) in [6.45, 7) is 7.40. The average molecular weight is 428 g/mol. The van der Waals surface area contributed by atoms with Gasteiger partial charge in [-0.1, -0.05) is 30.7 Å². The molecule has 0 atom stereocenters. The highest BCUT2D eigenvalue weighted by Gasteiger charge is 2.21. The molecule has 0 radical (unpaired) electrons. The third-order valence-electron chi connectivity index (χ3n) is 5.97. The monoisotopic (exact) mass is 427 g/mol. The number of amides is 2. The number of carbonyl (C=O) groups excluding carboxylic acids is 2. The Balaban J connectivity index is 1.51. The van der Waals surface area contributed by atoms with E-state index in [9.17, 15) is 9.59 Å². The lowest BCUT2D eigenvalue weighted by atomic mass is 10.1. The fourth-order valence-electron chi connectivity index (χ4n) is 4.20. The Bertz CT molecular complexity index is 764. The Hall–Kier alpha value is -2.57. The van der Waals surface area contributed by atoms with Crippen LogP contribution in [0.1, 0.15) is 63.0 Å². The lowest BCUT2D eigenvalue weighted by Crippen LogP contribution is -2.39. The number of aliphatic imine (C=N–C) groups is 1. The maximum absolute atomic E-state index is 12.1. The molecular weight excluding hydrogens is 390 g/mol. The van der Waals surface area contributed by atoms with Gasteiger partial charge in [0, 0.05) is 52.1 Å². The molecule has 1 aromatic rings. The molecule has 2 fully saturated rings. The lowest BCUT2D eigenvalue weighted by molar-refractivity contribution is -0.130. The first-order valence-electron chi connectivity index (χ1n) is 11.8. The summed E-state index contributed by atoms with van der Waals surface area (Å²) >= 11 is 0. The first-order valence-corrected chi connectivity index (χ1v) is 11.8. The second-order valence-corrected chi connectivity index (χ2v) is 8.35. The van der Waals surface area contributed by atoms with E-state index in [4.69, 9.17) is 4.99 Å². The van der Waals surface area contributed by atoms with E-state index in [1.54, 1.807) is 0 Å². The molecule has 170 valence electrons. The maximum atomic E-state index is 12.1.